The summed E-state index contributed by atoms with van der Waals surface area (Å²) >= 11 is 0. The third-order valence-corrected chi connectivity index (χ3v) is 12.2. The number of carbonyl (C=O) groups excluding carboxylic acids is 2. The van der Waals surface area contributed by atoms with Crippen molar-refractivity contribution in [3.63, 3.8) is 0 Å². The summed E-state index contributed by atoms with van der Waals surface area (Å²) in [6.45, 7) is 14.2. The minimum absolute atomic E-state index is 0.0333. The highest BCUT2D eigenvalue weighted by molar-refractivity contribution is 5.83. The minimum Gasteiger partial charge on any atom is -0.459 e. The first-order chi connectivity index (χ1) is 24.5. The summed E-state index contributed by atoms with van der Waals surface area (Å²) in [5.74, 6) is -5.54. The van der Waals surface area contributed by atoms with Crippen LogP contribution < -0.4 is 0 Å². The van der Waals surface area contributed by atoms with Gasteiger partial charge in [0.05, 0.1) is 48.3 Å². The van der Waals surface area contributed by atoms with E-state index in [9.17, 15) is 35.1 Å². The van der Waals surface area contributed by atoms with Crippen LogP contribution in [0.1, 0.15) is 88.0 Å². The SMILES string of the molecule is CCC1OC(=O)C(CO)C(OC2OC(C)CC(C)(OC)C2O)C(C)C(OC2OC(C)CC(N(C)C)C2O)C(C)(OC)CC(C)C(=O)C(C)C(O)C1(C)O. The predicted molar refractivity (Wildman–Crippen MR) is 192 cm³/mol. The molecule has 0 aliphatic carbocycles. The molecule has 3 aliphatic heterocycles. The monoisotopic (exact) mass is 763 g/mol. The molecule has 0 bridgehead atoms. The Balaban J connectivity index is 2.28. The van der Waals surface area contributed by atoms with Gasteiger partial charge in [-0.25, -0.2) is 0 Å². The Kier molecular flexibility index (Phi) is 15.9. The lowest BCUT2D eigenvalue weighted by Crippen LogP contribution is -2.62. The molecule has 0 aromatic carbocycles. The van der Waals surface area contributed by atoms with Crippen LogP contribution in [-0.4, -0.2) is 161 Å². The van der Waals surface area contributed by atoms with Gasteiger partial charge in [-0.1, -0.05) is 27.7 Å². The van der Waals surface area contributed by atoms with Crippen molar-refractivity contribution in [3.8, 4) is 0 Å². The normalized spacial score (nSPS) is 48.3. The van der Waals surface area contributed by atoms with E-state index in [4.69, 9.17) is 33.2 Å². The topological polar surface area (TPSA) is 203 Å². The van der Waals surface area contributed by atoms with Gasteiger partial charge in [0, 0.05) is 44.4 Å². The number of ether oxygens (including phenoxy) is 7. The smallest absolute Gasteiger partial charge is 0.314 e. The molecule has 0 aromatic heterocycles. The average Bonchev–Trinajstić information content (AvgIpc) is 3.10. The van der Waals surface area contributed by atoms with E-state index in [2.05, 4.69) is 0 Å². The van der Waals surface area contributed by atoms with Crippen molar-refractivity contribution in [2.24, 2.45) is 23.7 Å². The third kappa shape index (κ3) is 9.80. The fourth-order valence-corrected chi connectivity index (χ4v) is 8.66. The maximum absolute atomic E-state index is 14.3. The van der Waals surface area contributed by atoms with Crippen molar-refractivity contribution in [2.75, 3.05) is 34.9 Å². The lowest BCUT2D eigenvalue weighted by molar-refractivity contribution is -0.329. The average molecular weight is 764 g/mol. The molecular formula is C38H69NO14. The van der Waals surface area contributed by atoms with Gasteiger partial charge in [-0.05, 0) is 68.0 Å². The van der Waals surface area contributed by atoms with Gasteiger partial charge in [0.25, 0.3) is 0 Å². The Labute approximate surface area is 315 Å². The number of carbonyl (C=O) groups is 2. The van der Waals surface area contributed by atoms with Gasteiger partial charge in [0.2, 0.25) is 0 Å². The van der Waals surface area contributed by atoms with Crippen molar-refractivity contribution in [1.29, 1.82) is 0 Å². The molecule has 3 rings (SSSR count). The van der Waals surface area contributed by atoms with Crippen LogP contribution in [0.5, 0.6) is 0 Å². The lowest BCUT2D eigenvalue weighted by atomic mass is 9.73. The summed E-state index contributed by atoms with van der Waals surface area (Å²) in [5, 5.41) is 57.2. The molecule has 3 aliphatic rings. The van der Waals surface area contributed by atoms with E-state index in [1.165, 1.54) is 28.1 Å². The summed E-state index contributed by atoms with van der Waals surface area (Å²) in [5.41, 5.74) is -4.51. The highest BCUT2D eigenvalue weighted by Gasteiger charge is 2.55. The van der Waals surface area contributed by atoms with E-state index in [1.807, 2.05) is 25.9 Å². The van der Waals surface area contributed by atoms with Crippen LogP contribution in [-0.2, 0) is 42.7 Å². The molecule has 15 nitrogen and oxygen atoms in total. The van der Waals surface area contributed by atoms with E-state index in [1.54, 1.807) is 41.5 Å². The molecule has 0 saturated carbocycles. The second kappa shape index (κ2) is 18.3. The minimum atomic E-state index is -2.06. The number of cyclic esters (lactones) is 1. The number of aliphatic hydroxyl groups excluding tert-OH is 4. The third-order valence-electron chi connectivity index (χ3n) is 12.2. The quantitative estimate of drug-likeness (QED) is 0.211. The summed E-state index contributed by atoms with van der Waals surface area (Å²) in [6, 6.07) is -0.334. The molecule has 15 heteroatoms. The van der Waals surface area contributed by atoms with Crippen LogP contribution in [0, 0.1) is 23.7 Å². The number of esters is 1. The number of ketones is 1. The van der Waals surface area contributed by atoms with E-state index in [0.717, 1.165) is 0 Å². The first-order valence-corrected chi connectivity index (χ1v) is 19.0. The standard InChI is InChI=1S/C38H69NO14/c1-14-26-38(9,46)30(43)22(5)27(41)19(2)16-37(8,48-13)32(53-34-28(42)25(39(10)11)15-20(3)49-34)23(6)29(24(18-40)33(45)51-26)52-35-31(44)36(7,47-12)17-21(4)50-35/h19-26,28-32,34-35,40,42-44,46H,14-18H2,1-13H3. The molecule has 0 aromatic rings. The molecule has 310 valence electrons. The van der Waals surface area contributed by atoms with Crippen LogP contribution in [0.15, 0.2) is 0 Å². The van der Waals surface area contributed by atoms with Crippen LogP contribution in [0.3, 0.4) is 0 Å². The number of likely N-dealkylation sites (N-methyl/N-ethyl adjacent to an activating group) is 1. The van der Waals surface area contributed by atoms with Gasteiger partial charge in [-0.2, -0.15) is 0 Å². The van der Waals surface area contributed by atoms with Gasteiger partial charge in [-0.3, -0.25) is 9.59 Å². The summed E-state index contributed by atoms with van der Waals surface area (Å²) < 4.78 is 43.5. The van der Waals surface area contributed by atoms with Gasteiger partial charge < -0.3 is 63.6 Å². The number of methoxy groups -OCH3 is 2. The van der Waals surface area contributed by atoms with E-state index in [-0.39, 0.29) is 30.8 Å². The van der Waals surface area contributed by atoms with Crippen molar-refractivity contribution in [2.45, 2.75) is 172 Å². The number of rotatable bonds is 9. The first kappa shape index (κ1) is 46.0. The molecule has 3 heterocycles. The van der Waals surface area contributed by atoms with Crippen LogP contribution >= 0.6 is 0 Å². The van der Waals surface area contributed by atoms with Gasteiger partial charge >= 0.3 is 5.97 Å². The molecule has 18 unspecified atom stereocenters. The van der Waals surface area contributed by atoms with E-state index in [0.29, 0.717) is 12.8 Å². The molecule has 0 amide bonds. The number of hydrogen-bond acceptors (Lipinski definition) is 15. The fourth-order valence-electron chi connectivity index (χ4n) is 8.66. The van der Waals surface area contributed by atoms with Gasteiger partial charge in [0.15, 0.2) is 12.6 Å². The number of hydrogen-bond donors (Lipinski definition) is 5. The Morgan fingerprint density at radius 1 is 0.849 bits per heavy atom. The zero-order chi connectivity index (χ0) is 40.4. The molecule has 53 heavy (non-hydrogen) atoms. The summed E-state index contributed by atoms with van der Waals surface area (Å²) in [6.07, 6.45) is -10.1. The Hall–Kier alpha value is -1.34. The van der Waals surface area contributed by atoms with Crippen molar-refractivity contribution in [3.05, 3.63) is 0 Å². The van der Waals surface area contributed by atoms with E-state index < -0.39 is 108 Å². The molecular weight excluding hydrogens is 694 g/mol. The van der Waals surface area contributed by atoms with Crippen LogP contribution in [0.4, 0.5) is 0 Å². The van der Waals surface area contributed by atoms with Crippen molar-refractivity contribution >= 4 is 11.8 Å². The second-order valence-electron chi connectivity index (χ2n) is 16.7. The summed E-state index contributed by atoms with van der Waals surface area (Å²) in [7, 11) is 6.62. The van der Waals surface area contributed by atoms with Crippen molar-refractivity contribution in [1.82, 2.24) is 4.90 Å². The maximum Gasteiger partial charge on any atom is 0.314 e. The fraction of sp³-hybridized carbons (Fsp3) is 0.947. The number of Topliss-reactive ketones (excluding diaryl/α,β-unsaturated/α-hetero) is 1. The van der Waals surface area contributed by atoms with E-state index >= 15 is 0 Å². The Morgan fingerprint density at radius 2 is 1.43 bits per heavy atom. The number of nitrogens with zero attached hydrogens (tertiary/aromatic N) is 1. The Bertz CT molecular complexity index is 1210. The van der Waals surface area contributed by atoms with Crippen LogP contribution in [0.25, 0.3) is 0 Å². The van der Waals surface area contributed by atoms with Crippen molar-refractivity contribution < 1.29 is 68.3 Å². The Morgan fingerprint density at radius 3 is 1.96 bits per heavy atom. The molecule has 3 fully saturated rings. The lowest BCUT2D eigenvalue weighted by Gasteiger charge is -2.50. The molecule has 0 spiro atoms. The highest BCUT2D eigenvalue weighted by atomic mass is 16.7. The second-order valence-corrected chi connectivity index (χ2v) is 16.7. The molecule has 18 atom stereocenters. The highest BCUT2D eigenvalue weighted by Crippen LogP contribution is 2.42. The molecule has 5 N–H and O–H groups in total. The number of aliphatic hydroxyl groups is 5. The van der Waals surface area contributed by atoms with Gasteiger partial charge in [-0.15, -0.1) is 0 Å². The first-order valence-electron chi connectivity index (χ1n) is 19.0. The van der Waals surface area contributed by atoms with Crippen LogP contribution in [0.2, 0.25) is 0 Å². The van der Waals surface area contributed by atoms with Gasteiger partial charge in [0.1, 0.15) is 35.6 Å². The zero-order valence-electron chi connectivity index (χ0n) is 34.1. The molecule has 3 saturated heterocycles. The molecule has 0 radical (unpaired) electrons. The zero-order valence-corrected chi connectivity index (χ0v) is 34.1. The largest absolute Gasteiger partial charge is 0.459 e. The summed E-state index contributed by atoms with van der Waals surface area (Å²) in [4.78, 5) is 30.1. The maximum atomic E-state index is 14.3. The predicted octanol–water partition coefficient (Wildman–Crippen LogP) is 1.41.